The molecule has 2 aliphatic rings. The lowest BCUT2D eigenvalue weighted by Gasteiger charge is -2.40. The van der Waals surface area contributed by atoms with E-state index < -0.39 is 35.9 Å². The first-order valence-electron chi connectivity index (χ1n) is 13.9. The highest BCUT2D eigenvalue weighted by Gasteiger charge is 2.46. The molecule has 1 amide bonds. The van der Waals surface area contributed by atoms with E-state index in [9.17, 15) is 18.4 Å². The number of likely N-dealkylation sites (tertiary alicyclic amines) is 1. The number of anilines is 1. The van der Waals surface area contributed by atoms with Crippen LogP contribution in [0.4, 0.5) is 14.6 Å². The van der Waals surface area contributed by atoms with Gasteiger partial charge in [0.05, 0.1) is 18.6 Å². The number of hydrogen-bond acceptors (Lipinski definition) is 7. The Balaban J connectivity index is 0.00000125. The molecule has 2 aromatic heterocycles. The fourth-order valence-electron chi connectivity index (χ4n) is 4.03. The summed E-state index contributed by atoms with van der Waals surface area (Å²) in [5.74, 6) is -1.49. The molecule has 0 aromatic carbocycles. The predicted molar refractivity (Wildman–Crippen MR) is 159 cm³/mol. The zero-order chi connectivity index (χ0) is 30.5. The fourth-order valence-corrected chi connectivity index (χ4v) is 4.03. The van der Waals surface area contributed by atoms with Gasteiger partial charge in [-0.15, -0.1) is 10.2 Å². The number of carbonyl (C=O) groups is 1. The highest BCUT2D eigenvalue weighted by Crippen LogP contribution is 2.41. The zero-order valence-corrected chi connectivity index (χ0v) is 26.2. The number of nitrogens with zero attached hydrogens (tertiary/aromatic N) is 3. The third-order valence-electron chi connectivity index (χ3n) is 6.49. The van der Waals surface area contributed by atoms with Crippen LogP contribution < -0.4 is 21.3 Å². The predicted octanol–water partition coefficient (Wildman–Crippen LogP) is 5.49. The summed E-state index contributed by atoms with van der Waals surface area (Å²) in [7, 11) is 0. The Kier molecular flexibility index (Phi) is 15.5. The van der Waals surface area contributed by atoms with E-state index in [1.807, 2.05) is 33.5 Å². The van der Waals surface area contributed by atoms with Gasteiger partial charge >= 0.3 is 0 Å². The van der Waals surface area contributed by atoms with Gasteiger partial charge in [0, 0.05) is 43.4 Å². The average Bonchev–Trinajstić information content (AvgIpc) is 3.80. The van der Waals surface area contributed by atoms with Crippen LogP contribution in [0, 0.1) is 5.92 Å². The van der Waals surface area contributed by atoms with Gasteiger partial charge in [0.1, 0.15) is 0 Å². The maximum absolute atomic E-state index is 14.8. The molecule has 0 spiro atoms. The molecule has 1 aliphatic carbocycles. The molecule has 3 heterocycles. The Morgan fingerprint density at radius 3 is 2.42 bits per heavy atom. The normalized spacial score (nSPS) is 19.2. The number of nitrogens with two attached hydrogens (primary N) is 1. The molecule has 2 fully saturated rings. The number of alkyl halides is 3. The molecule has 226 valence electrons. The minimum absolute atomic E-state index is 0.0500. The van der Waals surface area contributed by atoms with Crippen LogP contribution in [0.15, 0.2) is 29.2 Å². The summed E-state index contributed by atoms with van der Waals surface area (Å²) in [5, 5.41) is 10.6. The second kappa shape index (κ2) is 17.4. The summed E-state index contributed by atoms with van der Waals surface area (Å²) >= 11 is 2.94. The summed E-state index contributed by atoms with van der Waals surface area (Å²) in [6, 6.07) is 3.41. The Morgan fingerprint density at radius 1 is 1.23 bits per heavy atom. The Bertz CT molecular complexity index is 1080. The number of hydrogen-bond donors (Lipinski definition) is 3. The lowest BCUT2D eigenvalue weighted by Crippen LogP contribution is -2.52. The number of amides is 1. The molecule has 3 atom stereocenters. The molecule has 1 aliphatic heterocycles. The first-order chi connectivity index (χ1) is 19.1. The number of aromatic amines is 1. The van der Waals surface area contributed by atoms with E-state index in [4.69, 9.17) is 10.5 Å². The maximum atomic E-state index is 14.8. The number of piperidine rings is 1. The highest BCUT2D eigenvalue weighted by atomic mass is 79.9. The van der Waals surface area contributed by atoms with Gasteiger partial charge in [0.2, 0.25) is 11.8 Å². The van der Waals surface area contributed by atoms with Gasteiger partial charge in [-0.05, 0) is 56.1 Å². The molecular formula is C28H45BrF2N6O3. The van der Waals surface area contributed by atoms with Gasteiger partial charge in [-0.1, -0.05) is 43.6 Å². The van der Waals surface area contributed by atoms with E-state index in [0.717, 1.165) is 12.8 Å². The number of H-pyrrole nitrogens is 1. The highest BCUT2D eigenvalue weighted by molar-refractivity contribution is 9.08. The van der Waals surface area contributed by atoms with E-state index in [1.165, 1.54) is 12.3 Å². The van der Waals surface area contributed by atoms with Crippen molar-refractivity contribution in [2.45, 2.75) is 84.7 Å². The minimum atomic E-state index is -2.98. The van der Waals surface area contributed by atoms with Gasteiger partial charge in [0.25, 0.3) is 11.5 Å². The van der Waals surface area contributed by atoms with Crippen LogP contribution in [0.2, 0.25) is 0 Å². The van der Waals surface area contributed by atoms with Crippen LogP contribution in [0.5, 0.6) is 5.88 Å². The largest absolute Gasteiger partial charge is 0.476 e. The van der Waals surface area contributed by atoms with Crippen LogP contribution in [0.3, 0.4) is 0 Å². The zero-order valence-electron chi connectivity index (χ0n) is 24.6. The molecule has 1 saturated heterocycles. The third kappa shape index (κ3) is 10.2. The Morgan fingerprint density at radius 2 is 1.88 bits per heavy atom. The van der Waals surface area contributed by atoms with Gasteiger partial charge in [-0.25, -0.2) is 8.78 Å². The van der Waals surface area contributed by atoms with Crippen molar-refractivity contribution < 1.29 is 18.3 Å². The Labute approximate surface area is 244 Å². The van der Waals surface area contributed by atoms with Crippen LogP contribution in [-0.4, -0.2) is 63.5 Å². The number of nitrogens with one attached hydrogen (secondary N) is 2. The first kappa shape index (κ1) is 35.6. The lowest BCUT2D eigenvalue weighted by molar-refractivity contribution is -0.125. The van der Waals surface area contributed by atoms with E-state index in [0.29, 0.717) is 24.0 Å². The number of pyridine rings is 1. The second-order valence-corrected chi connectivity index (χ2v) is 9.24. The van der Waals surface area contributed by atoms with Crippen molar-refractivity contribution in [1.29, 1.82) is 0 Å². The summed E-state index contributed by atoms with van der Waals surface area (Å²) in [5.41, 5.74) is 5.97. The van der Waals surface area contributed by atoms with Crippen molar-refractivity contribution in [1.82, 2.24) is 20.1 Å². The van der Waals surface area contributed by atoms with Crippen molar-refractivity contribution in [3.63, 3.8) is 0 Å². The molecule has 4 rings (SSSR count). The number of halogens is 3. The minimum Gasteiger partial charge on any atom is -0.476 e. The van der Waals surface area contributed by atoms with E-state index >= 15 is 0 Å². The van der Waals surface area contributed by atoms with Crippen LogP contribution in [0.1, 0.15) is 83.9 Å². The van der Waals surface area contributed by atoms with Crippen molar-refractivity contribution in [2.24, 2.45) is 11.7 Å². The van der Waals surface area contributed by atoms with Crippen molar-refractivity contribution >= 4 is 27.7 Å². The van der Waals surface area contributed by atoms with Crippen molar-refractivity contribution in [2.75, 3.05) is 30.8 Å². The molecule has 0 radical (unpaired) electrons. The monoisotopic (exact) mass is 630 g/mol. The van der Waals surface area contributed by atoms with Crippen molar-refractivity contribution in [3.05, 3.63) is 45.9 Å². The van der Waals surface area contributed by atoms with Gasteiger partial charge in [-0.2, -0.15) is 0 Å². The van der Waals surface area contributed by atoms with E-state index in [2.05, 4.69) is 36.4 Å². The van der Waals surface area contributed by atoms with Crippen LogP contribution in [-0.2, 0) is 4.79 Å². The van der Waals surface area contributed by atoms with Crippen molar-refractivity contribution in [3.8, 4) is 5.88 Å². The number of carbonyl (C=O) groups excluding carboxylic acids is 1. The quantitative estimate of drug-likeness (QED) is 0.329. The SMILES string of the molecule is CBr.CC.CC.CC(N)c1cc(C2CN(C(C)C(=O)Nc3ccc(OCC4CC4)nn3)CCC2(F)F)c[nH]c1=O. The molecule has 0 bridgehead atoms. The van der Waals surface area contributed by atoms with Gasteiger partial charge < -0.3 is 20.8 Å². The number of aromatic nitrogens is 3. The number of ether oxygens (including phenoxy) is 1. The molecule has 12 heteroatoms. The first-order valence-corrected chi connectivity index (χ1v) is 15.5. The summed E-state index contributed by atoms with van der Waals surface area (Å²) in [6.07, 6.45) is 3.23. The second-order valence-electron chi connectivity index (χ2n) is 9.24. The van der Waals surface area contributed by atoms with Gasteiger partial charge in [-0.3, -0.25) is 14.5 Å². The molecule has 40 heavy (non-hydrogen) atoms. The maximum Gasteiger partial charge on any atom is 0.257 e. The Hall–Kier alpha value is -2.44. The lowest BCUT2D eigenvalue weighted by atomic mass is 9.86. The third-order valence-corrected chi connectivity index (χ3v) is 6.49. The molecule has 2 aromatic rings. The molecule has 9 nitrogen and oxygen atoms in total. The van der Waals surface area contributed by atoms with E-state index in [1.54, 1.807) is 30.9 Å². The summed E-state index contributed by atoms with van der Waals surface area (Å²) in [4.78, 5) is 29.0. The van der Waals surface area contributed by atoms with Gasteiger partial charge in [0.15, 0.2) is 5.82 Å². The van der Waals surface area contributed by atoms with Crippen LogP contribution >= 0.6 is 15.9 Å². The standard InChI is InChI=1S/C23H30F2N6O3.2C2H6.CH3Br/c1-13(26)17-9-16(10-27-22(17)33)18-11-31(8-7-23(18,24)25)14(2)21(32)28-19-5-6-20(30-29-19)34-12-15-3-4-15;3*1-2/h5-6,9-10,13-15,18H,3-4,7-8,11-12,26H2,1-2H3,(H,27,33)(H,28,29,32);2*1-2H3;1H3. The summed E-state index contributed by atoms with van der Waals surface area (Å²) in [6.45, 7) is 11.9. The molecule has 4 N–H and O–H groups in total. The average molecular weight is 632 g/mol. The molecular weight excluding hydrogens is 586 g/mol. The number of rotatable bonds is 8. The van der Waals surface area contributed by atoms with E-state index in [-0.39, 0.29) is 30.4 Å². The summed E-state index contributed by atoms with van der Waals surface area (Å²) < 4.78 is 35.2. The smallest absolute Gasteiger partial charge is 0.257 e. The fraction of sp³-hybridized carbons (Fsp3) is 0.643. The molecule has 3 unspecified atom stereocenters. The topological polar surface area (TPSA) is 126 Å². The molecule has 1 saturated carbocycles. The van der Waals surface area contributed by atoms with Crippen LogP contribution in [0.25, 0.3) is 0 Å².